The molecule has 10 heavy (non-hydrogen) atoms. The van der Waals surface area contributed by atoms with Crippen molar-refractivity contribution < 1.29 is 0 Å². The van der Waals surface area contributed by atoms with Gasteiger partial charge < -0.3 is 4.98 Å². The summed E-state index contributed by atoms with van der Waals surface area (Å²) < 4.78 is 0. The van der Waals surface area contributed by atoms with Gasteiger partial charge in [-0.25, -0.2) is 0 Å². The second-order valence-electron chi connectivity index (χ2n) is 2.06. The Hall–Kier alpha value is -0.240. The van der Waals surface area contributed by atoms with Gasteiger partial charge in [-0.1, -0.05) is 18.2 Å². The van der Waals surface area contributed by atoms with Gasteiger partial charge >= 0.3 is 29.6 Å². The van der Waals surface area contributed by atoms with Crippen LogP contribution in [0.15, 0.2) is 36.5 Å². The minimum absolute atomic E-state index is 0. The van der Waals surface area contributed by atoms with Gasteiger partial charge in [0.05, 0.1) is 0 Å². The van der Waals surface area contributed by atoms with E-state index in [9.17, 15) is 0 Å². The molecule has 0 atom stereocenters. The first kappa shape index (κ1) is 7.86. The second kappa shape index (κ2) is 3.24. The molecule has 1 aromatic heterocycles. The van der Waals surface area contributed by atoms with Crippen LogP contribution in [0.3, 0.4) is 0 Å². The molecule has 0 saturated carbocycles. The zero-order chi connectivity index (χ0) is 6.10. The maximum Gasteiger partial charge on any atom is 0.0453 e. The van der Waals surface area contributed by atoms with E-state index in [0.717, 1.165) is 0 Å². The van der Waals surface area contributed by atoms with Crippen molar-refractivity contribution in [1.29, 1.82) is 0 Å². The maximum atomic E-state index is 3.12. The van der Waals surface area contributed by atoms with Crippen molar-refractivity contribution in [3.63, 3.8) is 0 Å². The van der Waals surface area contributed by atoms with Crippen molar-refractivity contribution in [3.05, 3.63) is 36.5 Å². The molecule has 0 radical (unpaired) electrons. The van der Waals surface area contributed by atoms with E-state index in [1.165, 1.54) is 10.9 Å². The van der Waals surface area contributed by atoms with Crippen LogP contribution in [-0.4, -0.2) is 34.5 Å². The molecule has 2 rings (SSSR count). The first-order chi connectivity index (χ1) is 4.47. The maximum absolute atomic E-state index is 3.12. The molecule has 46 valence electrons. The summed E-state index contributed by atoms with van der Waals surface area (Å²) in [6.45, 7) is 0. The van der Waals surface area contributed by atoms with Crippen LogP contribution in [0, 0.1) is 0 Å². The quantitative estimate of drug-likeness (QED) is 0.535. The number of hydrogen-bond donors (Lipinski definition) is 1. The van der Waals surface area contributed by atoms with Gasteiger partial charge in [0.2, 0.25) is 0 Å². The molecular weight excluding hydrogens is 133 g/mol. The Morgan fingerprint density at radius 1 is 1.00 bits per heavy atom. The third kappa shape index (κ3) is 1.26. The fourth-order valence-corrected chi connectivity index (χ4v) is 0.995. The van der Waals surface area contributed by atoms with E-state index in [0.29, 0.717) is 0 Å². The number of aromatic nitrogens is 1. The Bertz CT molecular complexity index is 283. The third-order valence-corrected chi connectivity index (χ3v) is 1.46. The summed E-state index contributed by atoms with van der Waals surface area (Å²) in [5, 5.41) is 1.28. The van der Waals surface area contributed by atoms with Crippen LogP contribution in [0.2, 0.25) is 0 Å². The number of benzene rings is 1. The molecule has 0 bridgehead atoms. The van der Waals surface area contributed by atoms with Crippen molar-refractivity contribution >= 4 is 40.5 Å². The van der Waals surface area contributed by atoms with Crippen LogP contribution >= 0.6 is 0 Å². The minimum Gasteiger partial charge on any atom is -0.361 e. The van der Waals surface area contributed by atoms with Gasteiger partial charge in [-0.2, -0.15) is 0 Å². The fourth-order valence-electron chi connectivity index (χ4n) is 0.995. The standard InChI is InChI=1S/C8H7N.Na.H/c1-2-4-8-7(3-1)5-6-9-8;;/h1-6,9H;;. The second-order valence-corrected chi connectivity index (χ2v) is 2.06. The number of hydrogen-bond acceptors (Lipinski definition) is 0. The molecular formula is C8H8NNa. The molecule has 1 N–H and O–H groups in total. The number of fused-ring (bicyclic) bond motifs is 1. The third-order valence-electron chi connectivity index (χ3n) is 1.46. The van der Waals surface area contributed by atoms with Crippen LogP contribution in [-0.2, 0) is 0 Å². The fraction of sp³-hybridized carbons (Fsp3) is 0. The van der Waals surface area contributed by atoms with E-state index in [1.54, 1.807) is 0 Å². The first-order valence-corrected chi connectivity index (χ1v) is 2.99. The largest absolute Gasteiger partial charge is 0.361 e. The van der Waals surface area contributed by atoms with Crippen LogP contribution < -0.4 is 0 Å². The van der Waals surface area contributed by atoms with Gasteiger partial charge in [0.1, 0.15) is 0 Å². The molecule has 1 nitrogen and oxygen atoms in total. The summed E-state index contributed by atoms with van der Waals surface area (Å²) in [6, 6.07) is 10.3. The molecule has 0 unspecified atom stereocenters. The average Bonchev–Trinajstić information content (AvgIpc) is 2.33. The normalized spacial score (nSPS) is 9.20. The van der Waals surface area contributed by atoms with Crippen molar-refractivity contribution in [3.8, 4) is 0 Å². The molecule has 1 heterocycles. The molecule has 0 aliphatic carbocycles. The summed E-state index contributed by atoms with van der Waals surface area (Å²) in [5.74, 6) is 0. The summed E-state index contributed by atoms with van der Waals surface area (Å²) in [5.41, 5.74) is 1.21. The Labute approximate surface area is 81.7 Å². The predicted molar refractivity (Wildman–Crippen MR) is 45.4 cm³/mol. The smallest absolute Gasteiger partial charge is 0.0453 e. The summed E-state index contributed by atoms with van der Waals surface area (Å²) in [7, 11) is 0. The molecule has 0 spiro atoms. The van der Waals surface area contributed by atoms with E-state index >= 15 is 0 Å². The molecule has 0 aliphatic rings. The van der Waals surface area contributed by atoms with Gasteiger partial charge in [0, 0.05) is 11.7 Å². The summed E-state index contributed by atoms with van der Waals surface area (Å²) in [4.78, 5) is 3.12. The number of para-hydroxylation sites is 1. The molecule has 1 aromatic carbocycles. The van der Waals surface area contributed by atoms with E-state index in [-0.39, 0.29) is 29.6 Å². The van der Waals surface area contributed by atoms with Crippen molar-refractivity contribution in [1.82, 2.24) is 4.98 Å². The zero-order valence-corrected chi connectivity index (χ0v) is 4.96. The van der Waals surface area contributed by atoms with Crippen LogP contribution in [0.4, 0.5) is 0 Å². The number of rotatable bonds is 0. The first-order valence-electron chi connectivity index (χ1n) is 2.99. The Morgan fingerprint density at radius 2 is 1.80 bits per heavy atom. The predicted octanol–water partition coefficient (Wildman–Crippen LogP) is 1.52. The van der Waals surface area contributed by atoms with Crippen molar-refractivity contribution in [2.45, 2.75) is 0 Å². The van der Waals surface area contributed by atoms with Crippen molar-refractivity contribution in [2.24, 2.45) is 0 Å². The van der Waals surface area contributed by atoms with Crippen LogP contribution in [0.1, 0.15) is 0 Å². The van der Waals surface area contributed by atoms with Crippen LogP contribution in [0.25, 0.3) is 10.9 Å². The van der Waals surface area contributed by atoms with E-state index < -0.39 is 0 Å². The van der Waals surface area contributed by atoms with Gasteiger partial charge in [-0.05, 0) is 17.5 Å². The van der Waals surface area contributed by atoms with Gasteiger partial charge in [-0.15, -0.1) is 0 Å². The van der Waals surface area contributed by atoms with E-state index in [2.05, 4.69) is 23.2 Å². The van der Waals surface area contributed by atoms with Gasteiger partial charge in [0.25, 0.3) is 0 Å². The zero-order valence-electron chi connectivity index (χ0n) is 4.96. The minimum atomic E-state index is 0. The van der Waals surface area contributed by atoms with E-state index in [1.807, 2.05) is 18.3 Å². The number of H-pyrrole nitrogens is 1. The Kier molecular flexibility index (Phi) is 2.55. The topological polar surface area (TPSA) is 15.8 Å². The summed E-state index contributed by atoms with van der Waals surface area (Å²) in [6.07, 6.45) is 1.95. The molecule has 0 saturated heterocycles. The van der Waals surface area contributed by atoms with E-state index in [4.69, 9.17) is 0 Å². The molecule has 2 heteroatoms. The van der Waals surface area contributed by atoms with Crippen LogP contribution in [0.5, 0.6) is 0 Å². The molecule has 0 fully saturated rings. The molecule has 0 amide bonds. The average molecular weight is 141 g/mol. The molecule has 2 aromatic rings. The number of nitrogens with one attached hydrogen (secondary N) is 1. The van der Waals surface area contributed by atoms with Crippen molar-refractivity contribution in [2.75, 3.05) is 0 Å². The Balaban J connectivity index is 0.000000500. The molecule has 0 aliphatic heterocycles. The van der Waals surface area contributed by atoms with Gasteiger partial charge in [0.15, 0.2) is 0 Å². The SMILES string of the molecule is [NaH].c1ccc2[nH]ccc2c1. The number of aromatic amines is 1. The van der Waals surface area contributed by atoms with Gasteiger partial charge in [-0.3, -0.25) is 0 Å². The Morgan fingerprint density at radius 3 is 2.60 bits per heavy atom. The summed E-state index contributed by atoms with van der Waals surface area (Å²) >= 11 is 0. The monoisotopic (exact) mass is 141 g/mol.